The Morgan fingerprint density at radius 2 is 1.56 bits per heavy atom. The van der Waals surface area contributed by atoms with Gasteiger partial charge in [0.2, 0.25) is 5.91 Å². The fraction of sp³-hybridized carbons (Fsp3) is 0.343. The number of anilines is 1. The van der Waals surface area contributed by atoms with Crippen molar-refractivity contribution < 1.29 is 14.3 Å². The molecule has 0 spiro atoms. The molecule has 5 heterocycles. The number of benzene rings is 2. The molecule has 0 aliphatic carbocycles. The molecule has 0 unspecified atom stereocenters. The molecule has 7 rings (SSSR count). The second-order valence-corrected chi connectivity index (χ2v) is 11.7. The van der Waals surface area contributed by atoms with Crippen molar-refractivity contribution in [3.05, 3.63) is 78.6 Å². The van der Waals surface area contributed by atoms with E-state index < -0.39 is 0 Å². The van der Waals surface area contributed by atoms with Crippen LogP contribution in [0.4, 0.5) is 5.69 Å². The molecule has 10 nitrogen and oxygen atoms in total. The summed E-state index contributed by atoms with van der Waals surface area (Å²) in [6.45, 7) is 10.6. The van der Waals surface area contributed by atoms with E-state index in [2.05, 4.69) is 74.6 Å². The minimum absolute atomic E-state index is 0.0187. The van der Waals surface area contributed by atoms with Gasteiger partial charge in [-0.3, -0.25) is 19.3 Å². The minimum Gasteiger partial charge on any atom is -0.379 e. The van der Waals surface area contributed by atoms with E-state index in [-0.39, 0.29) is 5.91 Å². The zero-order chi connectivity index (χ0) is 30.6. The number of aromatic nitrogens is 4. The first-order valence-corrected chi connectivity index (χ1v) is 15.8. The molecule has 0 radical (unpaired) electrons. The first-order chi connectivity index (χ1) is 22.1. The van der Waals surface area contributed by atoms with Gasteiger partial charge in [0.1, 0.15) is 11.3 Å². The van der Waals surface area contributed by atoms with Crippen molar-refractivity contribution in [3.63, 3.8) is 0 Å². The average Bonchev–Trinajstić information content (AvgIpc) is 3.71. The third-order valence-electron chi connectivity index (χ3n) is 8.60. The van der Waals surface area contributed by atoms with Crippen molar-refractivity contribution in [1.29, 1.82) is 0 Å². The molecule has 1 amide bonds. The largest absolute Gasteiger partial charge is 0.379 e. The summed E-state index contributed by atoms with van der Waals surface area (Å²) in [5, 5.41) is 9.02. The summed E-state index contributed by atoms with van der Waals surface area (Å²) in [5.41, 5.74) is 9.06. The van der Waals surface area contributed by atoms with Gasteiger partial charge in [0.15, 0.2) is 0 Å². The lowest BCUT2D eigenvalue weighted by atomic mass is 10.00. The molecule has 45 heavy (non-hydrogen) atoms. The number of pyridine rings is 1. The number of amides is 1. The molecular weight excluding hydrogens is 566 g/mol. The highest BCUT2D eigenvalue weighted by Crippen LogP contribution is 2.37. The molecule has 5 aromatic rings. The van der Waals surface area contributed by atoms with Crippen LogP contribution in [-0.4, -0.2) is 94.6 Å². The van der Waals surface area contributed by atoms with Crippen molar-refractivity contribution >= 4 is 22.6 Å². The van der Waals surface area contributed by atoms with Gasteiger partial charge < -0.3 is 19.8 Å². The molecule has 2 fully saturated rings. The van der Waals surface area contributed by atoms with E-state index in [0.717, 1.165) is 103 Å². The molecule has 3 aromatic heterocycles. The first-order valence-electron chi connectivity index (χ1n) is 15.8. The molecule has 2 aliphatic heterocycles. The summed E-state index contributed by atoms with van der Waals surface area (Å²) in [6, 6.07) is 21.0. The smallest absolute Gasteiger partial charge is 0.238 e. The third-order valence-corrected chi connectivity index (χ3v) is 8.60. The van der Waals surface area contributed by atoms with Gasteiger partial charge in [0.25, 0.3) is 0 Å². The highest BCUT2D eigenvalue weighted by Gasteiger charge is 2.19. The van der Waals surface area contributed by atoms with Crippen LogP contribution >= 0.6 is 0 Å². The number of hydrogen-bond donors (Lipinski definition) is 2. The van der Waals surface area contributed by atoms with Gasteiger partial charge in [-0.15, -0.1) is 0 Å². The standard InChI is InChI=1S/C35H39N7O3/c1-2-42-23-31(34(39-42)27-7-9-28(10-8-27)37-33(43)24-41-15-19-45-20-16-41)29-11-12-36-35-30(29)21-32(38-35)26-5-3-25(4-6-26)22-40-13-17-44-18-14-40/h3-12,21,23H,2,13-20,22,24H2,1H3,(H,36,38)(H,37,43). The van der Waals surface area contributed by atoms with Crippen molar-refractivity contribution in [2.45, 2.75) is 20.0 Å². The molecule has 0 saturated carbocycles. The van der Waals surface area contributed by atoms with E-state index in [0.29, 0.717) is 19.8 Å². The van der Waals surface area contributed by atoms with Gasteiger partial charge in [0, 0.05) is 79.6 Å². The molecule has 2 N–H and O–H groups in total. The van der Waals surface area contributed by atoms with E-state index in [4.69, 9.17) is 14.6 Å². The van der Waals surface area contributed by atoms with Crippen LogP contribution in [0.15, 0.2) is 73.1 Å². The Bertz CT molecular complexity index is 1750. The Morgan fingerprint density at radius 1 is 0.867 bits per heavy atom. The number of morpholine rings is 2. The highest BCUT2D eigenvalue weighted by molar-refractivity contribution is 5.99. The minimum atomic E-state index is -0.0187. The predicted molar refractivity (Wildman–Crippen MR) is 176 cm³/mol. The quantitative estimate of drug-likeness (QED) is 0.247. The summed E-state index contributed by atoms with van der Waals surface area (Å²) >= 11 is 0. The van der Waals surface area contributed by atoms with E-state index >= 15 is 0 Å². The maximum atomic E-state index is 12.6. The van der Waals surface area contributed by atoms with Crippen LogP contribution in [0.25, 0.3) is 44.7 Å². The third kappa shape index (κ3) is 6.69. The van der Waals surface area contributed by atoms with E-state index in [9.17, 15) is 4.79 Å². The molecule has 2 saturated heterocycles. The van der Waals surface area contributed by atoms with Crippen LogP contribution < -0.4 is 5.32 Å². The van der Waals surface area contributed by atoms with Crippen LogP contribution in [0.1, 0.15) is 12.5 Å². The number of aromatic amines is 1. The van der Waals surface area contributed by atoms with Gasteiger partial charge in [-0.05, 0) is 47.9 Å². The topological polar surface area (TPSA) is 101 Å². The lowest BCUT2D eigenvalue weighted by Crippen LogP contribution is -2.41. The van der Waals surface area contributed by atoms with Gasteiger partial charge in [-0.1, -0.05) is 36.4 Å². The maximum Gasteiger partial charge on any atom is 0.238 e. The second-order valence-electron chi connectivity index (χ2n) is 11.7. The number of H-pyrrole nitrogens is 1. The maximum absolute atomic E-state index is 12.6. The number of carbonyl (C=O) groups excluding carboxylic acids is 1. The van der Waals surface area contributed by atoms with Gasteiger partial charge in [-0.2, -0.15) is 5.10 Å². The predicted octanol–water partition coefficient (Wildman–Crippen LogP) is 4.88. The fourth-order valence-electron chi connectivity index (χ4n) is 6.09. The number of nitrogens with zero attached hydrogens (tertiary/aromatic N) is 5. The summed E-state index contributed by atoms with van der Waals surface area (Å²) in [4.78, 5) is 25.4. The van der Waals surface area contributed by atoms with Gasteiger partial charge in [0.05, 0.1) is 33.0 Å². The molecule has 2 aliphatic rings. The SMILES string of the molecule is CCn1cc(-c2ccnc3[nH]c(-c4ccc(CN5CCOCC5)cc4)cc23)c(-c2ccc(NC(=O)CN3CCOCC3)cc2)n1. The van der Waals surface area contributed by atoms with Crippen LogP contribution in [0.2, 0.25) is 0 Å². The fourth-order valence-corrected chi connectivity index (χ4v) is 6.09. The number of aryl methyl sites for hydroxylation is 1. The number of carbonyl (C=O) groups is 1. The zero-order valence-electron chi connectivity index (χ0n) is 25.7. The first kappa shape index (κ1) is 29.4. The van der Waals surface area contributed by atoms with Gasteiger partial charge >= 0.3 is 0 Å². The van der Waals surface area contributed by atoms with E-state index in [1.165, 1.54) is 5.56 Å². The van der Waals surface area contributed by atoms with Crippen molar-refractivity contribution in [3.8, 4) is 33.6 Å². The molecule has 232 valence electrons. The lowest BCUT2D eigenvalue weighted by Gasteiger charge is -2.26. The molecule has 0 bridgehead atoms. The van der Waals surface area contributed by atoms with E-state index in [1.807, 2.05) is 35.1 Å². The highest BCUT2D eigenvalue weighted by atomic mass is 16.5. The number of ether oxygens (including phenoxy) is 2. The number of fused-ring (bicyclic) bond motifs is 1. The average molecular weight is 606 g/mol. The van der Waals surface area contributed by atoms with Crippen LogP contribution in [0.3, 0.4) is 0 Å². The number of hydrogen-bond acceptors (Lipinski definition) is 7. The Hall–Kier alpha value is -4.35. The Balaban J connectivity index is 1.12. The summed E-state index contributed by atoms with van der Waals surface area (Å²) in [5.74, 6) is -0.0187. The number of nitrogens with one attached hydrogen (secondary N) is 2. The van der Waals surface area contributed by atoms with Crippen LogP contribution in [-0.2, 0) is 27.4 Å². The van der Waals surface area contributed by atoms with Crippen LogP contribution in [0, 0.1) is 0 Å². The van der Waals surface area contributed by atoms with E-state index in [1.54, 1.807) is 0 Å². The lowest BCUT2D eigenvalue weighted by molar-refractivity contribution is -0.118. The Morgan fingerprint density at radius 3 is 2.27 bits per heavy atom. The molecular formula is C35H39N7O3. The van der Waals surface area contributed by atoms with Gasteiger partial charge in [-0.25, -0.2) is 4.98 Å². The summed E-state index contributed by atoms with van der Waals surface area (Å²) < 4.78 is 12.8. The number of rotatable bonds is 9. The Labute approximate surface area is 263 Å². The molecule has 2 aromatic carbocycles. The molecule has 0 atom stereocenters. The molecule has 10 heteroatoms. The monoisotopic (exact) mass is 605 g/mol. The van der Waals surface area contributed by atoms with Crippen molar-refractivity contribution in [2.75, 3.05) is 64.5 Å². The summed E-state index contributed by atoms with van der Waals surface area (Å²) in [6.07, 6.45) is 3.96. The van der Waals surface area contributed by atoms with Crippen molar-refractivity contribution in [1.82, 2.24) is 29.5 Å². The zero-order valence-corrected chi connectivity index (χ0v) is 25.7. The normalized spacial score (nSPS) is 16.3. The van der Waals surface area contributed by atoms with Crippen molar-refractivity contribution in [2.24, 2.45) is 0 Å². The Kier molecular flexibility index (Phi) is 8.70. The second kappa shape index (κ2) is 13.3. The van der Waals surface area contributed by atoms with Crippen LogP contribution in [0.5, 0.6) is 0 Å². The summed E-state index contributed by atoms with van der Waals surface area (Å²) in [7, 11) is 0.